The molecule has 0 radical (unpaired) electrons. The molecule has 0 unspecified atom stereocenters. The first kappa shape index (κ1) is 23.3. The van der Waals surface area contributed by atoms with Gasteiger partial charge in [0, 0.05) is 18.7 Å². The summed E-state index contributed by atoms with van der Waals surface area (Å²) in [5, 5.41) is 14.1. The van der Waals surface area contributed by atoms with Crippen LogP contribution in [0, 0.1) is 13.8 Å². The van der Waals surface area contributed by atoms with Gasteiger partial charge < -0.3 is 0 Å². The Hall–Kier alpha value is -3.43. The van der Waals surface area contributed by atoms with Crippen LogP contribution in [0.3, 0.4) is 0 Å². The molecule has 0 bridgehead atoms. The second kappa shape index (κ2) is 9.67. The maximum absolute atomic E-state index is 13.7. The van der Waals surface area contributed by atoms with E-state index in [2.05, 4.69) is 10.2 Å². The zero-order valence-corrected chi connectivity index (χ0v) is 21.1. The predicted molar refractivity (Wildman–Crippen MR) is 140 cm³/mol. The molecule has 178 valence electrons. The van der Waals surface area contributed by atoms with Crippen LogP contribution in [-0.4, -0.2) is 41.3 Å². The lowest BCUT2D eigenvalue weighted by atomic mass is 10.1. The minimum atomic E-state index is -3.78. The van der Waals surface area contributed by atoms with Gasteiger partial charge in [0.05, 0.1) is 16.3 Å². The standard InChI is InChI=1S/C26H25N5O2S2/c1-19-8-12-22(13-9-19)30(35(32,33)23-14-10-20(2)11-15-23)17-16-25-27-28-26-31(25)29-24(18-34-26)21-6-4-3-5-7-21/h3-15H,16-18H2,1-2H3. The van der Waals surface area contributed by atoms with E-state index in [0.29, 0.717) is 28.8 Å². The molecule has 0 fully saturated rings. The maximum Gasteiger partial charge on any atom is 0.264 e. The van der Waals surface area contributed by atoms with Crippen LogP contribution >= 0.6 is 11.8 Å². The molecule has 9 heteroatoms. The lowest BCUT2D eigenvalue weighted by Crippen LogP contribution is -2.33. The Kier molecular flexibility index (Phi) is 6.44. The number of hydrogen-bond acceptors (Lipinski definition) is 6. The van der Waals surface area contributed by atoms with Crippen molar-refractivity contribution < 1.29 is 8.42 Å². The minimum Gasteiger partial charge on any atom is -0.266 e. The van der Waals surface area contributed by atoms with Gasteiger partial charge in [-0.05, 0) is 43.7 Å². The number of thioether (sulfide) groups is 1. The molecule has 2 heterocycles. The molecule has 0 amide bonds. The number of benzene rings is 3. The van der Waals surface area contributed by atoms with Gasteiger partial charge in [0.2, 0.25) is 5.16 Å². The second-order valence-corrected chi connectivity index (χ2v) is 11.2. The molecule has 1 aliphatic heterocycles. The van der Waals surface area contributed by atoms with E-state index in [1.807, 2.05) is 80.6 Å². The normalized spacial score (nSPS) is 13.3. The molecule has 1 aliphatic rings. The highest BCUT2D eigenvalue weighted by atomic mass is 32.2. The number of rotatable bonds is 7. The van der Waals surface area contributed by atoms with Crippen LogP contribution in [0.25, 0.3) is 0 Å². The molecular weight excluding hydrogens is 478 g/mol. The van der Waals surface area contributed by atoms with Crippen molar-refractivity contribution in [3.63, 3.8) is 0 Å². The van der Waals surface area contributed by atoms with E-state index in [0.717, 1.165) is 22.4 Å². The molecule has 7 nitrogen and oxygen atoms in total. The molecule has 0 aliphatic carbocycles. The van der Waals surface area contributed by atoms with Crippen molar-refractivity contribution in [3.8, 4) is 0 Å². The van der Waals surface area contributed by atoms with E-state index in [-0.39, 0.29) is 11.4 Å². The Morgan fingerprint density at radius 2 is 1.54 bits per heavy atom. The van der Waals surface area contributed by atoms with Crippen LogP contribution < -0.4 is 4.31 Å². The summed E-state index contributed by atoms with van der Waals surface area (Å²) in [4.78, 5) is 0.256. The summed E-state index contributed by atoms with van der Waals surface area (Å²) < 4.78 is 30.5. The van der Waals surface area contributed by atoms with Crippen LogP contribution in [0.2, 0.25) is 0 Å². The second-order valence-electron chi connectivity index (χ2n) is 8.39. The number of aryl methyl sites for hydroxylation is 2. The zero-order chi connectivity index (χ0) is 24.4. The molecule has 1 aromatic heterocycles. The van der Waals surface area contributed by atoms with Gasteiger partial charge in [-0.15, -0.1) is 10.2 Å². The van der Waals surface area contributed by atoms with Crippen molar-refractivity contribution >= 4 is 33.2 Å². The molecule has 0 atom stereocenters. The third-order valence-corrected chi connectivity index (χ3v) is 8.58. The lowest BCUT2D eigenvalue weighted by Gasteiger charge is -2.25. The van der Waals surface area contributed by atoms with E-state index in [4.69, 9.17) is 5.10 Å². The van der Waals surface area contributed by atoms with Crippen molar-refractivity contribution in [2.24, 2.45) is 5.10 Å². The van der Waals surface area contributed by atoms with Gasteiger partial charge in [-0.2, -0.15) is 9.78 Å². The number of sulfonamides is 1. The summed E-state index contributed by atoms with van der Waals surface area (Å²) in [5.41, 5.74) is 4.66. The Balaban J connectivity index is 1.46. The molecule has 5 rings (SSSR count). The summed E-state index contributed by atoms with van der Waals surface area (Å²) in [6.45, 7) is 4.12. The fraction of sp³-hybridized carbons (Fsp3) is 0.192. The monoisotopic (exact) mass is 503 g/mol. The summed E-state index contributed by atoms with van der Waals surface area (Å²) in [7, 11) is -3.78. The minimum absolute atomic E-state index is 0.207. The molecule has 35 heavy (non-hydrogen) atoms. The fourth-order valence-electron chi connectivity index (χ4n) is 3.83. The summed E-state index contributed by atoms with van der Waals surface area (Å²) in [5.74, 6) is 1.33. The van der Waals surface area contributed by atoms with Crippen LogP contribution in [0.4, 0.5) is 5.69 Å². The van der Waals surface area contributed by atoms with E-state index in [9.17, 15) is 8.42 Å². The van der Waals surface area contributed by atoms with Gasteiger partial charge in [0.15, 0.2) is 5.82 Å². The van der Waals surface area contributed by atoms with Gasteiger partial charge in [-0.1, -0.05) is 77.5 Å². The van der Waals surface area contributed by atoms with E-state index >= 15 is 0 Å². The van der Waals surface area contributed by atoms with Gasteiger partial charge in [0.25, 0.3) is 10.0 Å². The van der Waals surface area contributed by atoms with Gasteiger partial charge >= 0.3 is 0 Å². The third kappa shape index (κ3) is 4.87. The van der Waals surface area contributed by atoms with Gasteiger partial charge in [0.1, 0.15) is 0 Å². The summed E-state index contributed by atoms with van der Waals surface area (Å²) in [6.07, 6.45) is 0.359. The molecule has 4 aromatic rings. The Labute approximate surface area is 209 Å². The molecule has 0 spiro atoms. The van der Waals surface area contributed by atoms with E-state index in [1.165, 1.54) is 4.31 Å². The Bertz CT molecular complexity index is 1460. The highest BCUT2D eigenvalue weighted by molar-refractivity contribution is 7.99. The topological polar surface area (TPSA) is 80.5 Å². The predicted octanol–water partition coefficient (Wildman–Crippen LogP) is 4.69. The van der Waals surface area contributed by atoms with Crippen LogP contribution in [-0.2, 0) is 16.4 Å². The van der Waals surface area contributed by atoms with E-state index < -0.39 is 10.0 Å². The van der Waals surface area contributed by atoms with Crippen molar-refractivity contribution in [2.45, 2.75) is 30.3 Å². The molecule has 0 N–H and O–H groups in total. The largest absolute Gasteiger partial charge is 0.266 e. The van der Waals surface area contributed by atoms with Gasteiger partial charge in [-0.25, -0.2) is 8.42 Å². The molecular formula is C26H25N5O2S2. The number of fused-ring (bicyclic) bond motifs is 1. The average Bonchev–Trinajstić information content (AvgIpc) is 3.28. The average molecular weight is 504 g/mol. The van der Waals surface area contributed by atoms with E-state index in [1.54, 1.807) is 28.6 Å². The Morgan fingerprint density at radius 3 is 2.23 bits per heavy atom. The number of nitrogens with zero attached hydrogens (tertiary/aromatic N) is 5. The van der Waals surface area contributed by atoms with Crippen molar-refractivity contribution in [3.05, 3.63) is 101 Å². The summed E-state index contributed by atoms with van der Waals surface area (Å²) in [6, 6.07) is 24.4. The zero-order valence-electron chi connectivity index (χ0n) is 19.5. The maximum atomic E-state index is 13.7. The SMILES string of the molecule is Cc1ccc(N(CCc2nnc3n2N=C(c2ccccc2)CS3)S(=O)(=O)c2ccc(C)cc2)cc1. The quantitative estimate of drug-likeness (QED) is 0.366. The molecule has 0 saturated heterocycles. The third-order valence-electron chi connectivity index (χ3n) is 5.81. The Morgan fingerprint density at radius 1 is 0.886 bits per heavy atom. The van der Waals surface area contributed by atoms with Crippen LogP contribution in [0.5, 0.6) is 0 Å². The van der Waals surface area contributed by atoms with Crippen molar-refractivity contribution in [1.82, 2.24) is 14.9 Å². The number of hydrogen-bond donors (Lipinski definition) is 0. The summed E-state index contributed by atoms with van der Waals surface area (Å²) >= 11 is 1.58. The highest BCUT2D eigenvalue weighted by Gasteiger charge is 2.27. The highest BCUT2D eigenvalue weighted by Crippen LogP contribution is 2.27. The first-order valence-electron chi connectivity index (χ1n) is 11.3. The van der Waals surface area contributed by atoms with Crippen LogP contribution in [0.15, 0.2) is 94.0 Å². The molecule has 0 saturated carbocycles. The van der Waals surface area contributed by atoms with Crippen molar-refractivity contribution in [2.75, 3.05) is 16.6 Å². The fourth-order valence-corrected chi connectivity index (χ4v) is 6.16. The molecule has 3 aromatic carbocycles. The first-order valence-corrected chi connectivity index (χ1v) is 13.7. The van der Waals surface area contributed by atoms with Crippen molar-refractivity contribution in [1.29, 1.82) is 0 Å². The first-order chi connectivity index (χ1) is 16.9. The number of aromatic nitrogens is 3. The van der Waals surface area contributed by atoms with Crippen LogP contribution in [0.1, 0.15) is 22.5 Å². The lowest BCUT2D eigenvalue weighted by molar-refractivity contribution is 0.589. The smallest absolute Gasteiger partial charge is 0.264 e. The van der Waals surface area contributed by atoms with Gasteiger partial charge in [-0.3, -0.25) is 4.31 Å². The number of anilines is 1.